The lowest BCUT2D eigenvalue weighted by atomic mass is 9.97. The second-order valence-corrected chi connectivity index (χ2v) is 7.20. The minimum absolute atomic E-state index is 0.0156. The van der Waals surface area contributed by atoms with Gasteiger partial charge >= 0.3 is 11.9 Å². The maximum absolute atomic E-state index is 12.8. The second kappa shape index (κ2) is 8.89. The smallest absolute Gasteiger partial charge is 0.357 e. The van der Waals surface area contributed by atoms with Crippen LogP contribution < -0.4 is 0 Å². The third-order valence-corrected chi connectivity index (χ3v) is 5.25. The van der Waals surface area contributed by atoms with E-state index in [1.165, 1.54) is 18.9 Å². The Bertz CT molecular complexity index is 1290. The van der Waals surface area contributed by atoms with Crippen LogP contribution in [0.2, 0.25) is 0 Å². The van der Waals surface area contributed by atoms with Crippen LogP contribution in [-0.2, 0) is 9.47 Å². The molecular formula is C26H22N2O4. The molecular weight excluding hydrogens is 404 g/mol. The lowest BCUT2D eigenvalue weighted by molar-refractivity contribution is 0.0549. The normalized spacial score (nSPS) is 10.6. The van der Waals surface area contributed by atoms with Crippen LogP contribution >= 0.6 is 0 Å². The zero-order valence-electron chi connectivity index (χ0n) is 18.0. The van der Waals surface area contributed by atoms with Gasteiger partial charge in [0.1, 0.15) is 11.3 Å². The molecule has 4 rings (SSSR count). The molecule has 0 bridgehead atoms. The van der Waals surface area contributed by atoms with Crippen molar-refractivity contribution in [3.63, 3.8) is 0 Å². The number of aryl methyl sites for hydroxylation is 1. The third-order valence-electron chi connectivity index (χ3n) is 5.25. The maximum Gasteiger partial charge on any atom is 0.357 e. The van der Waals surface area contributed by atoms with E-state index in [2.05, 4.69) is 5.10 Å². The first-order valence-corrected chi connectivity index (χ1v) is 10.1. The first kappa shape index (κ1) is 21.1. The van der Waals surface area contributed by atoms with E-state index in [4.69, 9.17) is 9.47 Å². The molecule has 4 aromatic rings. The van der Waals surface area contributed by atoms with E-state index < -0.39 is 11.9 Å². The van der Waals surface area contributed by atoms with Crippen molar-refractivity contribution in [2.24, 2.45) is 0 Å². The average molecular weight is 426 g/mol. The molecule has 0 aliphatic rings. The van der Waals surface area contributed by atoms with E-state index in [0.717, 1.165) is 16.7 Å². The number of nitrogens with zero attached hydrogens (tertiary/aromatic N) is 2. The first-order chi connectivity index (χ1) is 15.5. The monoisotopic (exact) mass is 426 g/mol. The highest BCUT2D eigenvalue weighted by atomic mass is 16.5. The van der Waals surface area contributed by atoms with Gasteiger partial charge in [-0.25, -0.2) is 14.3 Å². The number of carbonyl (C=O) groups excluding carboxylic acids is 2. The quantitative estimate of drug-likeness (QED) is 0.416. The van der Waals surface area contributed by atoms with Crippen molar-refractivity contribution in [2.75, 3.05) is 14.2 Å². The lowest BCUT2D eigenvalue weighted by Gasteiger charge is -2.08. The zero-order chi connectivity index (χ0) is 22.7. The van der Waals surface area contributed by atoms with Crippen LogP contribution in [0.15, 0.2) is 78.9 Å². The van der Waals surface area contributed by atoms with E-state index in [1.54, 1.807) is 12.1 Å². The summed E-state index contributed by atoms with van der Waals surface area (Å²) in [5.41, 5.74) is 4.91. The number of methoxy groups -OCH3 is 2. The van der Waals surface area contributed by atoms with Gasteiger partial charge in [-0.2, -0.15) is 5.10 Å². The molecule has 0 amide bonds. The van der Waals surface area contributed by atoms with Gasteiger partial charge in [0.05, 0.1) is 19.9 Å². The summed E-state index contributed by atoms with van der Waals surface area (Å²) in [6, 6.07) is 24.9. The van der Waals surface area contributed by atoms with Crippen LogP contribution in [0.3, 0.4) is 0 Å². The van der Waals surface area contributed by atoms with Gasteiger partial charge in [0, 0.05) is 5.56 Å². The van der Waals surface area contributed by atoms with E-state index in [0.29, 0.717) is 16.9 Å². The fourth-order valence-corrected chi connectivity index (χ4v) is 3.69. The Balaban J connectivity index is 1.98. The summed E-state index contributed by atoms with van der Waals surface area (Å²) in [6.45, 7) is 2.04. The second-order valence-electron chi connectivity index (χ2n) is 7.20. The number of aromatic nitrogens is 2. The molecule has 0 atom stereocenters. The Kier molecular flexibility index (Phi) is 5.85. The number of esters is 2. The molecule has 1 aromatic heterocycles. The summed E-state index contributed by atoms with van der Waals surface area (Å²) in [5.74, 6) is -1.34. The Morgan fingerprint density at radius 1 is 0.781 bits per heavy atom. The largest absolute Gasteiger partial charge is 0.465 e. The highest BCUT2D eigenvalue weighted by molar-refractivity contribution is 6.07. The summed E-state index contributed by atoms with van der Waals surface area (Å²) < 4.78 is 11.4. The van der Waals surface area contributed by atoms with E-state index in [9.17, 15) is 9.59 Å². The number of hydrogen-bond donors (Lipinski definition) is 0. The predicted molar refractivity (Wildman–Crippen MR) is 122 cm³/mol. The molecule has 0 fully saturated rings. The molecule has 6 heteroatoms. The van der Waals surface area contributed by atoms with E-state index in [-0.39, 0.29) is 11.3 Å². The van der Waals surface area contributed by atoms with E-state index >= 15 is 0 Å². The Hall–Kier alpha value is -4.19. The van der Waals surface area contributed by atoms with Crippen LogP contribution in [0.5, 0.6) is 0 Å². The molecule has 160 valence electrons. The van der Waals surface area contributed by atoms with Crippen molar-refractivity contribution < 1.29 is 19.1 Å². The molecule has 0 unspecified atom stereocenters. The minimum Gasteiger partial charge on any atom is -0.465 e. The fourth-order valence-electron chi connectivity index (χ4n) is 3.69. The topological polar surface area (TPSA) is 70.4 Å². The zero-order valence-corrected chi connectivity index (χ0v) is 18.0. The molecule has 0 aliphatic carbocycles. The highest BCUT2D eigenvalue weighted by Gasteiger charge is 2.31. The molecule has 0 aliphatic heterocycles. The maximum atomic E-state index is 12.8. The Labute approximate surface area is 186 Å². The standard InChI is InChI=1S/C26H22N2O4/c1-17-10-7-8-15-21(17)18-11-9-12-19(16-18)23-22(25(29)31-2)24(26(30)32-3)28(27-23)20-13-5-4-6-14-20/h4-16H,1-3H3. The Morgan fingerprint density at radius 3 is 2.12 bits per heavy atom. The van der Waals surface area contributed by atoms with Gasteiger partial charge in [-0.15, -0.1) is 0 Å². The predicted octanol–water partition coefficient (Wildman–Crippen LogP) is 5.09. The summed E-state index contributed by atoms with van der Waals surface area (Å²) in [6.07, 6.45) is 0. The molecule has 0 saturated heterocycles. The first-order valence-electron chi connectivity index (χ1n) is 10.1. The van der Waals surface area contributed by atoms with Crippen molar-refractivity contribution in [1.29, 1.82) is 0 Å². The van der Waals surface area contributed by atoms with Gasteiger partial charge in [-0.1, -0.05) is 60.7 Å². The fraction of sp³-hybridized carbons (Fsp3) is 0.115. The van der Waals surface area contributed by atoms with Crippen molar-refractivity contribution in [3.05, 3.63) is 95.7 Å². The van der Waals surface area contributed by atoms with Gasteiger partial charge in [0.25, 0.3) is 0 Å². The number of hydrogen-bond acceptors (Lipinski definition) is 5. The van der Waals surface area contributed by atoms with Crippen molar-refractivity contribution in [1.82, 2.24) is 9.78 Å². The average Bonchev–Trinajstić information content (AvgIpc) is 3.25. The lowest BCUT2D eigenvalue weighted by Crippen LogP contribution is -2.15. The summed E-state index contributed by atoms with van der Waals surface area (Å²) in [5, 5.41) is 4.66. The van der Waals surface area contributed by atoms with Crippen LogP contribution in [-0.4, -0.2) is 35.9 Å². The summed E-state index contributed by atoms with van der Waals surface area (Å²) >= 11 is 0. The molecule has 0 spiro atoms. The number of benzene rings is 3. The minimum atomic E-state index is -0.678. The summed E-state index contributed by atoms with van der Waals surface area (Å²) in [4.78, 5) is 25.6. The van der Waals surface area contributed by atoms with Crippen molar-refractivity contribution in [3.8, 4) is 28.1 Å². The van der Waals surface area contributed by atoms with Crippen molar-refractivity contribution in [2.45, 2.75) is 6.92 Å². The van der Waals surface area contributed by atoms with Gasteiger partial charge in [0.15, 0.2) is 5.69 Å². The summed E-state index contributed by atoms with van der Waals surface area (Å²) in [7, 11) is 2.54. The molecule has 0 N–H and O–H groups in total. The van der Waals surface area contributed by atoms with Gasteiger partial charge < -0.3 is 9.47 Å². The molecule has 3 aromatic carbocycles. The van der Waals surface area contributed by atoms with Crippen LogP contribution in [0.4, 0.5) is 0 Å². The van der Waals surface area contributed by atoms with Crippen LogP contribution in [0, 0.1) is 6.92 Å². The van der Waals surface area contributed by atoms with Crippen molar-refractivity contribution >= 4 is 11.9 Å². The highest BCUT2D eigenvalue weighted by Crippen LogP contribution is 2.32. The number of ether oxygens (including phenoxy) is 2. The SMILES string of the molecule is COC(=O)c1c(-c2cccc(-c3ccccc3C)c2)nn(-c2ccccc2)c1C(=O)OC. The van der Waals surface area contributed by atoms with Crippen LogP contribution in [0.1, 0.15) is 26.4 Å². The third kappa shape index (κ3) is 3.78. The molecule has 6 nitrogen and oxygen atoms in total. The van der Waals surface area contributed by atoms with Gasteiger partial charge in [0.2, 0.25) is 0 Å². The molecule has 0 radical (unpaired) electrons. The number of carbonyl (C=O) groups is 2. The van der Waals surface area contributed by atoms with Crippen LogP contribution in [0.25, 0.3) is 28.1 Å². The Morgan fingerprint density at radius 2 is 1.44 bits per heavy atom. The molecule has 1 heterocycles. The van der Waals surface area contributed by atoms with Gasteiger partial charge in [-0.05, 0) is 41.8 Å². The molecule has 32 heavy (non-hydrogen) atoms. The van der Waals surface area contributed by atoms with E-state index in [1.807, 2.05) is 73.7 Å². The number of rotatable bonds is 5. The molecule has 0 saturated carbocycles. The number of para-hydroxylation sites is 1. The van der Waals surface area contributed by atoms with Gasteiger partial charge in [-0.3, -0.25) is 0 Å².